The molecule has 0 rings (SSSR count). The van der Waals surface area contributed by atoms with Crippen LogP contribution in [0.3, 0.4) is 0 Å². The van der Waals surface area contributed by atoms with E-state index in [0.29, 0.717) is 12.3 Å². The van der Waals surface area contributed by atoms with Gasteiger partial charge in [0, 0.05) is 20.0 Å². The molecule has 0 bridgehead atoms. The molecule has 3 heteroatoms. The van der Waals surface area contributed by atoms with Crippen LogP contribution in [-0.4, -0.2) is 49.9 Å². The van der Waals surface area contributed by atoms with Gasteiger partial charge in [0.25, 0.3) is 0 Å². The molecular weight excluding hydrogens is 188 g/mol. The number of nitrogens with zero attached hydrogens (tertiary/aromatic N) is 2. The van der Waals surface area contributed by atoms with Crippen molar-refractivity contribution in [3.05, 3.63) is 0 Å². The number of carbonyl (C=O) groups excluding carboxylic acids is 1. The van der Waals surface area contributed by atoms with Crippen molar-refractivity contribution in [2.45, 2.75) is 33.1 Å². The third kappa shape index (κ3) is 8.43. The van der Waals surface area contributed by atoms with Gasteiger partial charge < -0.3 is 9.80 Å². The first-order chi connectivity index (χ1) is 6.93. The van der Waals surface area contributed by atoms with Crippen LogP contribution >= 0.6 is 0 Å². The van der Waals surface area contributed by atoms with Gasteiger partial charge in [-0.05, 0) is 39.4 Å². The predicted octanol–water partition coefficient (Wildman–Crippen LogP) is 1.83. The van der Waals surface area contributed by atoms with Crippen LogP contribution < -0.4 is 0 Å². The Bertz CT molecular complexity index is 178. The van der Waals surface area contributed by atoms with Crippen LogP contribution in [0.4, 0.5) is 0 Å². The molecule has 3 nitrogen and oxygen atoms in total. The Morgan fingerprint density at radius 3 is 2.20 bits per heavy atom. The Kier molecular flexibility index (Phi) is 7.39. The topological polar surface area (TPSA) is 23.6 Å². The normalized spacial score (nSPS) is 11.1. The molecule has 0 saturated carbocycles. The third-order valence-electron chi connectivity index (χ3n) is 2.31. The SMILES string of the molecule is CC(C)CN(C)C(=O)CCCCN(C)C. The summed E-state index contributed by atoms with van der Waals surface area (Å²) in [7, 11) is 6.02. The lowest BCUT2D eigenvalue weighted by Gasteiger charge is -2.19. The summed E-state index contributed by atoms with van der Waals surface area (Å²) in [5.74, 6) is 0.836. The van der Waals surface area contributed by atoms with E-state index in [-0.39, 0.29) is 5.91 Å². The van der Waals surface area contributed by atoms with E-state index in [1.807, 2.05) is 11.9 Å². The van der Waals surface area contributed by atoms with Crippen molar-refractivity contribution in [3.8, 4) is 0 Å². The van der Waals surface area contributed by atoms with Gasteiger partial charge in [0.2, 0.25) is 5.91 Å². The second-order valence-electron chi connectivity index (χ2n) is 4.93. The lowest BCUT2D eigenvalue weighted by Crippen LogP contribution is -2.30. The zero-order valence-corrected chi connectivity index (χ0v) is 10.9. The molecule has 0 unspecified atom stereocenters. The van der Waals surface area contributed by atoms with Crippen molar-refractivity contribution in [2.75, 3.05) is 34.2 Å². The highest BCUT2D eigenvalue weighted by molar-refractivity contribution is 5.75. The van der Waals surface area contributed by atoms with Gasteiger partial charge in [0.15, 0.2) is 0 Å². The Morgan fingerprint density at radius 2 is 1.73 bits per heavy atom. The van der Waals surface area contributed by atoms with Gasteiger partial charge in [0.05, 0.1) is 0 Å². The average Bonchev–Trinajstić information content (AvgIpc) is 2.10. The fraction of sp³-hybridized carbons (Fsp3) is 0.917. The van der Waals surface area contributed by atoms with E-state index in [0.717, 1.165) is 25.9 Å². The van der Waals surface area contributed by atoms with Gasteiger partial charge >= 0.3 is 0 Å². The number of hydrogen-bond acceptors (Lipinski definition) is 2. The summed E-state index contributed by atoms with van der Waals surface area (Å²) in [4.78, 5) is 15.6. The van der Waals surface area contributed by atoms with E-state index in [1.54, 1.807) is 0 Å². The van der Waals surface area contributed by atoms with E-state index in [4.69, 9.17) is 0 Å². The van der Waals surface area contributed by atoms with Gasteiger partial charge in [-0.25, -0.2) is 0 Å². The minimum Gasteiger partial charge on any atom is -0.346 e. The quantitative estimate of drug-likeness (QED) is 0.604. The summed E-state index contributed by atoms with van der Waals surface area (Å²) in [6.07, 6.45) is 2.80. The van der Waals surface area contributed by atoms with Crippen molar-refractivity contribution in [2.24, 2.45) is 5.92 Å². The van der Waals surface area contributed by atoms with Crippen LogP contribution in [0.1, 0.15) is 33.1 Å². The van der Waals surface area contributed by atoms with Crippen molar-refractivity contribution in [3.63, 3.8) is 0 Å². The molecule has 0 aliphatic rings. The largest absolute Gasteiger partial charge is 0.346 e. The molecule has 0 aliphatic carbocycles. The molecule has 0 atom stereocenters. The highest BCUT2D eigenvalue weighted by Gasteiger charge is 2.09. The number of rotatable bonds is 7. The summed E-state index contributed by atoms with van der Waals surface area (Å²) in [6, 6.07) is 0. The molecule has 0 aromatic heterocycles. The number of carbonyl (C=O) groups is 1. The van der Waals surface area contributed by atoms with Crippen LogP contribution in [-0.2, 0) is 4.79 Å². The van der Waals surface area contributed by atoms with Gasteiger partial charge in [-0.2, -0.15) is 0 Å². The Morgan fingerprint density at radius 1 is 1.13 bits per heavy atom. The molecule has 0 saturated heterocycles. The molecule has 1 amide bonds. The molecular formula is C12H26N2O. The Hall–Kier alpha value is -0.570. The Labute approximate surface area is 94.4 Å². The molecule has 0 aliphatic heterocycles. The predicted molar refractivity (Wildman–Crippen MR) is 64.9 cm³/mol. The first-order valence-corrected chi connectivity index (χ1v) is 5.82. The maximum absolute atomic E-state index is 11.6. The molecule has 15 heavy (non-hydrogen) atoms. The lowest BCUT2D eigenvalue weighted by atomic mass is 10.2. The molecule has 90 valence electrons. The van der Waals surface area contributed by atoms with E-state index < -0.39 is 0 Å². The van der Waals surface area contributed by atoms with E-state index in [1.165, 1.54) is 0 Å². The smallest absolute Gasteiger partial charge is 0.222 e. The number of hydrogen-bond donors (Lipinski definition) is 0. The van der Waals surface area contributed by atoms with Gasteiger partial charge in [0.1, 0.15) is 0 Å². The summed E-state index contributed by atoms with van der Waals surface area (Å²) in [6.45, 7) is 6.21. The van der Waals surface area contributed by atoms with E-state index >= 15 is 0 Å². The molecule has 0 radical (unpaired) electrons. The summed E-state index contributed by atoms with van der Waals surface area (Å²) < 4.78 is 0. The van der Waals surface area contributed by atoms with Crippen LogP contribution in [0, 0.1) is 5.92 Å². The minimum atomic E-state index is 0.280. The maximum Gasteiger partial charge on any atom is 0.222 e. The van der Waals surface area contributed by atoms with Crippen molar-refractivity contribution in [1.29, 1.82) is 0 Å². The first-order valence-electron chi connectivity index (χ1n) is 5.82. The van der Waals surface area contributed by atoms with Crippen molar-refractivity contribution in [1.82, 2.24) is 9.80 Å². The highest BCUT2D eigenvalue weighted by Crippen LogP contribution is 2.03. The zero-order valence-electron chi connectivity index (χ0n) is 10.9. The second-order valence-corrected chi connectivity index (χ2v) is 4.93. The fourth-order valence-electron chi connectivity index (χ4n) is 1.54. The van der Waals surface area contributed by atoms with Gasteiger partial charge in [-0.15, -0.1) is 0 Å². The molecule has 0 spiro atoms. The molecule has 0 fully saturated rings. The summed E-state index contributed by atoms with van der Waals surface area (Å²) >= 11 is 0. The third-order valence-corrected chi connectivity index (χ3v) is 2.31. The number of amides is 1. The van der Waals surface area contributed by atoms with Crippen molar-refractivity contribution >= 4 is 5.91 Å². The van der Waals surface area contributed by atoms with E-state index in [2.05, 4.69) is 32.8 Å². The van der Waals surface area contributed by atoms with Crippen LogP contribution in [0.2, 0.25) is 0 Å². The lowest BCUT2D eigenvalue weighted by molar-refractivity contribution is -0.130. The van der Waals surface area contributed by atoms with Gasteiger partial charge in [-0.3, -0.25) is 4.79 Å². The molecule has 0 aromatic rings. The Balaban J connectivity index is 3.56. The zero-order chi connectivity index (χ0) is 11.8. The average molecular weight is 214 g/mol. The first kappa shape index (κ1) is 14.4. The molecule has 0 N–H and O–H groups in total. The maximum atomic E-state index is 11.6. The minimum absolute atomic E-state index is 0.280. The number of unbranched alkanes of at least 4 members (excludes halogenated alkanes) is 1. The molecule has 0 aromatic carbocycles. The van der Waals surface area contributed by atoms with E-state index in [9.17, 15) is 4.79 Å². The highest BCUT2D eigenvalue weighted by atomic mass is 16.2. The van der Waals surface area contributed by atoms with Crippen LogP contribution in [0.5, 0.6) is 0 Å². The fourth-order valence-corrected chi connectivity index (χ4v) is 1.54. The molecule has 0 heterocycles. The summed E-state index contributed by atoms with van der Waals surface area (Å²) in [5.41, 5.74) is 0. The van der Waals surface area contributed by atoms with Crippen LogP contribution in [0.15, 0.2) is 0 Å². The monoisotopic (exact) mass is 214 g/mol. The summed E-state index contributed by atoms with van der Waals surface area (Å²) in [5, 5.41) is 0. The standard InChI is InChI=1S/C12H26N2O/c1-11(2)10-14(5)12(15)8-6-7-9-13(3)4/h11H,6-10H2,1-5H3. The van der Waals surface area contributed by atoms with Gasteiger partial charge in [-0.1, -0.05) is 13.8 Å². The van der Waals surface area contributed by atoms with Crippen LogP contribution in [0.25, 0.3) is 0 Å². The van der Waals surface area contributed by atoms with Crippen molar-refractivity contribution < 1.29 is 4.79 Å². The second kappa shape index (κ2) is 7.69.